The highest BCUT2D eigenvalue weighted by Gasteiger charge is 2.37. The first-order valence-corrected chi connectivity index (χ1v) is 6.47. The van der Waals surface area contributed by atoms with E-state index in [4.69, 9.17) is 0 Å². The van der Waals surface area contributed by atoms with Crippen molar-refractivity contribution in [2.45, 2.75) is 32.2 Å². The van der Waals surface area contributed by atoms with E-state index in [1.165, 1.54) is 12.3 Å². The molecule has 0 atom stereocenters. The van der Waals surface area contributed by atoms with Crippen LogP contribution >= 0.6 is 15.9 Å². The normalized spacial score (nSPS) is 11.1. The summed E-state index contributed by atoms with van der Waals surface area (Å²) in [5, 5.41) is 23.0. The Balaban J connectivity index is 3.24. The van der Waals surface area contributed by atoms with Crippen LogP contribution in [-0.4, -0.2) is 26.5 Å². The van der Waals surface area contributed by atoms with Crippen LogP contribution in [0, 0.1) is 10.1 Å². The highest BCUT2D eigenvalue weighted by atomic mass is 79.9. The molecule has 0 unspecified atom stereocenters. The number of halogens is 1. The lowest BCUT2D eigenvalue weighted by Gasteiger charge is -2.28. The predicted octanol–water partition coefficient (Wildman–Crippen LogP) is 2.81. The highest BCUT2D eigenvalue weighted by molar-refractivity contribution is 9.10. The van der Waals surface area contributed by atoms with Crippen molar-refractivity contribution in [2.75, 3.05) is 5.32 Å². The minimum atomic E-state index is -1.26. The first-order chi connectivity index (χ1) is 8.86. The number of carbonyl (C=O) groups is 1. The monoisotopic (exact) mass is 331 g/mol. The number of pyridine rings is 1. The fourth-order valence-corrected chi connectivity index (χ4v) is 1.99. The molecular formula is C11H14BrN3O4. The third kappa shape index (κ3) is 3.19. The summed E-state index contributed by atoms with van der Waals surface area (Å²) in [4.78, 5) is 25.6. The lowest BCUT2D eigenvalue weighted by molar-refractivity contribution is -0.384. The number of carboxylic acids is 1. The number of hydrogen-bond acceptors (Lipinski definition) is 5. The summed E-state index contributed by atoms with van der Waals surface area (Å²) in [6.07, 6.45) is 1.95. The summed E-state index contributed by atoms with van der Waals surface area (Å²) in [5.41, 5.74) is -1.52. The zero-order valence-electron chi connectivity index (χ0n) is 10.5. The number of hydrogen-bond donors (Lipinski definition) is 2. The van der Waals surface area contributed by atoms with Gasteiger partial charge in [0.25, 0.3) is 0 Å². The molecule has 104 valence electrons. The predicted molar refractivity (Wildman–Crippen MR) is 73.2 cm³/mol. The Kier molecular flexibility index (Phi) is 4.82. The minimum Gasteiger partial charge on any atom is -0.480 e. The van der Waals surface area contributed by atoms with Crippen LogP contribution in [0.25, 0.3) is 0 Å². The number of anilines is 1. The number of aliphatic carboxylic acids is 1. The molecule has 8 heteroatoms. The minimum absolute atomic E-state index is 0.0423. The third-order valence-electron chi connectivity index (χ3n) is 3.01. The second-order valence-corrected chi connectivity index (χ2v) is 4.91. The molecule has 0 aromatic carbocycles. The molecule has 1 aromatic rings. The number of nitro groups is 1. The van der Waals surface area contributed by atoms with E-state index in [9.17, 15) is 20.0 Å². The Bertz CT molecular complexity index is 503. The van der Waals surface area contributed by atoms with Gasteiger partial charge >= 0.3 is 11.7 Å². The molecular weight excluding hydrogens is 318 g/mol. The number of nitrogens with one attached hydrogen (secondary N) is 1. The largest absolute Gasteiger partial charge is 0.480 e. The summed E-state index contributed by atoms with van der Waals surface area (Å²) in [6, 6.07) is 1.28. The van der Waals surface area contributed by atoms with E-state index < -0.39 is 16.4 Å². The molecule has 0 saturated heterocycles. The van der Waals surface area contributed by atoms with Gasteiger partial charge in [-0.1, -0.05) is 13.8 Å². The maximum Gasteiger partial charge on any atom is 0.329 e. The van der Waals surface area contributed by atoms with E-state index in [-0.39, 0.29) is 24.3 Å². The molecule has 0 saturated carbocycles. The molecule has 0 aliphatic heterocycles. The van der Waals surface area contributed by atoms with E-state index in [2.05, 4.69) is 26.2 Å². The molecule has 0 amide bonds. The van der Waals surface area contributed by atoms with Crippen LogP contribution in [0.3, 0.4) is 0 Å². The maximum atomic E-state index is 11.4. The molecule has 19 heavy (non-hydrogen) atoms. The van der Waals surface area contributed by atoms with Gasteiger partial charge in [-0.25, -0.2) is 9.78 Å². The summed E-state index contributed by atoms with van der Waals surface area (Å²) in [6.45, 7) is 3.41. The summed E-state index contributed by atoms with van der Waals surface area (Å²) in [7, 11) is 0. The lowest BCUT2D eigenvalue weighted by atomic mass is 9.93. The Morgan fingerprint density at radius 3 is 2.58 bits per heavy atom. The fraction of sp³-hybridized carbons (Fsp3) is 0.455. The van der Waals surface area contributed by atoms with Gasteiger partial charge < -0.3 is 10.4 Å². The van der Waals surface area contributed by atoms with Crippen LogP contribution in [0.4, 0.5) is 11.5 Å². The van der Waals surface area contributed by atoms with Crippen molar-refractivity contribution in [3.05, 3.63) is 26.9 Å². The SMILES string of the molecule is CCC(CC)(Nc1ncc(Br)cc1[N+](=O)[O-])C(=O)O. The van der Waals surface area contributed by atoms with E-state index in [0.717, 1.165) is 0 Å². The summed E-state index contributed by atoms with van der Waals surface area (Å²) < 4.78 is 0.457. The molecule has 0 fully saturated rings. The van der Waals surface area contributed by atoms with Crippen LogP contribution in [0.15, 0.2) is 16.7 Å². The highest BCUT2D eigenvalue weighted by Crippen LogP contribution is 2.30. The Hall–Kier alpha value is -1.70. The number of aromatic nitrogens is 1. The quantitative estimate of drug-likeness (QED) is 0.613. The van der Waals surface area contributed by atoms with Crippen LogP contribution in [-0.2, 0) is 4.79 Å². The van der Waals surface area contributed by atoms with Crippen molar-refractivity contribution >= 4 is 33.4 Å². The average Bonchev–Trinajstić information content (AvgIpc) is 2.37. The van der Waals surface area contributed by atoms with Gasteiger partial charge in [-0.05, 0) is 28.8 Å². The Labute approximate surface area is 118 Å². The van der Waals surface area contributed by atoms with Crippen LogP contribution in [0.1, 0.15) is 26.7 Å². The van der Waals surface area contributed by atoms with Crippen LogP contribution in [0.5, 0.6) is 0 Å². The van der Waals surface area contributed by atoms with Gasteiger partial charge in [0.05, 0.1) is 4.92 Å². The van der Waals surface area contributed by atoms with Crippen LogP contribution in [0.2, 0.25) is 0 Å². The van der Waals surface area contributed by atoms with Gasteiger partial charge in [0.1, 0.15) is 5.54 Å². The fourth-order valence-electron chi connectivity index (χ4n) is 1.67. The first kappa shape index (κ1) is 15.4. The number of rotatable bonds is 6. The molecule has 1 heterocycles. The third-order valence-corrected chi connectivity index (χ3v) is 3.44. The molecule has 1 aromatic heterocycles. The average molecular weight is 332 g/mol. The second-order valence-electron chi connectivity index (χ2n) is 4.00. The molecule has 2 N–H and O–H groups in total. The van der Waals surface area contributed by atoms with Crippen LogP contribution < -0.4 is 5.32 Å². The standard InChI is InChI=1S/C11H14BrN3O4/c1-3-11(4-2,10(16)17)14-9-8(15(18)19)5-7(12)6-13-9/h5-6H,3-4H2,1-2H3,(H,13,14)(H,16,17). The van der Waals surface area contributed by atoms with Gasteiger partial charge in [-0.3, -0.25) is 10.1 Å². The lowest BCUT2D eigenvalue weighted by Crippen LogP contribution is -2.45. The molecule has 0 radical (unpaired) electrons. The van der Waals surface area contributed by atoms with Crippen molar-refractivity contribution in [3.63, 3.8) is 0 Å². The van der Waals surface area contributed by atoms with Gasteiger partial charge in [0.15, 0.2) is 0 Å². The molecule has 0 bridgehead atoms. The van der Waals surface area contributed by atoms with Gasteiger partial charge in [-0.15, -0.1) is 0 Å². The second kappa shape index (κ2) is 5.96. The van der Waals surface area contributed by atoms with Gasteiger partial charge in [-0.2, -0.15) is 0 Å². The Morgan fingerprint density at radius 2 is 2.16 bits per heavy atom. The zero-order valence-corrected chi connectivity index (χ0v) is 12.1. The van der Waals surface area contributed by atoms with Crippen molar-refractivity contribution in [1.29, 1.82) is 0 Å². The number of nitrogens with zero attached hydrogens (tertiary/aromatic N) is 2. The Morgan fingerprint density at radius 1 is 1.58 bits per heavy atom. The zero-order chi connectivity index (χ0) is 14.6. The first-order valence-electron chi connectivity index (χ1n) is 5.67. The van der Waals surface area contributed by atoms with Crippen molar-refractivity contribution in [3.8, 4) is 0 Å². The van der Waals surface area contributed by atoms with Gasteiger partial charge in [0.2, 0.25) is 5.82 Å². The van der Waals surface area contributed by atoms with E-state index in [1.807, 2.05) is 0 Å². The molecule has 0 aliphatic carbocycles. The van der Waals surface area contributed by atoms with Crippen molar-refractivity contribution < 1.29 is 14.8 Å². The van der Waals surface area contributed by atoms with E-state index >= 15 is 0 Å². The summed E-state index contributed by atoms with van der Waals surface area (Å²) in [5.74, 6) is -1.10. The topological polar surface area (TPSA) is 105 Å². The van der Waals surface area contributed by atoms with Crippen molar-refractivity contribution in [2.24, 2.45) is 0 Å². The molecule has 7 nitrogen and oxygen atoms in total. The van der Waals surface area contributed by atoms with Gasteiger partial charge in [0, 0.05) is 16.7 Å². The van der Waals surface area contributed by atoms with Crippen molar-refractivity contribution in [1.82, 2.24) is 4.98 Å². The van der Waals surface area contributed by atoms with E-state index in [0.29, 0.717) is 4.47 Å². The molecule has 1 rings (SSSR count). The smallest absolute Gasteiger partial charge is 0.329 e. The number of carboxylic acid groups (broad SMARTS) is 1. The maximum absolute atomic E-state index is 11.4. The molecule has 0 aliphatic rings. The molecule has 0 spiro atoms. The van der Waals surface area contributed by atoms with E-state index in [1.54, 1.807) is 13.8 Å². The summed E-state index contributed by atoms with van der Waals surface area (Å²) >= 11 is 3.10.